The van der Waals surface area contributed by atoms with Gasteiger partial charge in [-0.15, -0.1) is 0 Å². The van der Waals surface area contributed by atoms with E-state index in [-0.39, 0.29) is 24.5 Å². The van der Waals surface area contributed by atoms with Gasteiger partial charge in [0.1, 0.15) is 5.82 Å². The molecule has 0 radical (unpaired) electrons. The normalized spacial score (nSPS) is 12.0. The predicted molar refractivity (Wildman–Crippen MR) is 83.3 cm³/mol. The van der Waals surface area contributed by atoms with E-state index in [1.807, 2.05) is 6.92 Å². The number of benzene rings is 1. The Morgan fingerprint density at radius 2 is 1.95 bits per heavy atom. The van der Waals surface area contributed by atoms with Crippen LogP contribution in [0.1, 0.15) is 36.1 Å². The van der Waals surface area contributed by atoms with Crippen molar-refractivity contribution >= 4 is 6.03 Å². The van der Waals surface area contributed by atoms with E-state index in [1.165, 1.54) is 0 Å². The first kappa shape index (κ1) is 18.4. The second kappa shape index (κ2) is 9.38. The molecule has 1 aromatic rings. The lowest BCUT2D eigenvalue weighted by atomic mass is 10.0. The highest BCUT2D eigenvalue weighted by molar-refractivity contribution is 5.74. The van der Waals surface area contributed by atoms with Crippen molar-refractivity contribution in [2.24, 2.45) is 0 Å². The number of urea groups is 1. The third kappa shape index (κ3) is 5.99. The van der Waals surface area contributed by atoms with Gasteiger partial charge in [-0.25, -0.2) is 9.18 Å². The van der Waals surface area contributed by atoms with Crippen molar-refractivity contribution in [3.05, 3.63) is 34.6 Å². The SMILES string of the molecule is Cc1cc(C(C)NC(=O)NCCCOCCO)cc(C)c1F. The summed E-state index contributed by atoms with van der Waals surface area (Å²) in [6.07, 6.45) is 0.677. The monoisotopic (exact) mass is 312 g/mol. The Bertz CT molecular complexity index is 471. The largest absolute Gasteiger partial charge is 0.394 e. The Labute approximate surface area is 130 Å². The van der Waals surface area contributed by atoms with Gasteiger partial charge >= 0.3 is 6.03 Å². The predicted octanol–water partition coefficient (Wildman–Crippen LogP) is 2.20. The lowest BCUT2D eigenvalue weighted by Crippen LogP contribution is -2.37. The van der Waals surface area contributed by atoms with Crippen LogP contribution < -0.4 is 10.6 Å². The Kier molecular flexibility index (Phi) is 7.84. The maximum atomic E-state index is 13.6. The molecule has 1 aromatic carbocycles. The Hall–Kier alpha value is -1.66. The van der Waals surface area contributed by atoms with E-state index in [9.17, 15) is 9.18 Å². The lowest BCUT2D eigenvalue weighted by Gasteiger charge is -2.17. The fourth-order valence-electron chi connectivity index (χ4n) is 2.10. The average Bonchev–Trinajstić information content (AvgIpc) is 2.47. The maximum Gasteiger partial charge on any atom is 0.315 e. The third-order valence-corrected chi connectivity index (χ3v) is 3.29. The number of nitrogens with one attached hydrogen (secondary N) is 2. The van der Waals surface area contributed by atoms with Gasteiger partial charge in [0.25, 0.3) is 0 Å². The smallest absolute Gasteiger partial charge is 0.315 e. The summed E-state index contributed by atoms with van der Waals surface area (Å²) in [5.41, 5.74) is 2.02. The minimum Gasteiger partial charge on any atom is -0.394 e. The first-order valence-corrected chi connectivity index (χ1v) is 7.45. The summed E-state index contributed by atoms with van der Waals surface area (Å²) in [4.78, 5) is 11.8. The minimum atomic E-state index is -0.269. The molecule has 6 heteroatoms. The number of aliphatic hydroxyl groups is 1. The average molecular weight is 312 g/mol. The van der Waals surface area contributed by atoms with E-state index in [0.29, 0.717) is 37.3 Å². The van der Waals surface area contributed by atoms with Crippen molar-refractivity contribution in [2.45, 2.75) is 33.2 Å². The van der Waals surface area contributed by atoms with Gasteiger partial charge in [0.2, 0.25) is 0 Å². The summed E-state index contributed by atoms with van der Waals surface area (Å²) < 4.78 is 18.7. The van der Waals surface area contributed by atoms with Gasteiger partial charge in [0, 0.05) is 13.2 Å². The van der Waals surface area contributed by atoms with E-state index in [1.54, 1.807) is 26.0 Å². The van der Waals surface area contributed by atoms with E-state index < -0.39 is 0 Å². The van der Waals surface area contributed by atoms with E-state index in [0.717, 1.165) is 5.56 Å². The molecule has 0 fully saturated rings. The molecule has 2 amide bonds. The van der Waals surface area contributed by atoms with Crippen LogP contribution in [-0.2, 0) is 4.74 Å². The summed E-state index contributed by atoms with van der Waals surface area (Å²) in [6.45, 7) is 6.58. The lowest BCUT2D eigenvalue weighted by molar-refractivity contribution is 0.0909. The van der Waals surface area contributed by atoms with Gasteiger partial charge in [-0.3, -0.25) is 0 Å². The molecule has 124 valence electrons. The molecule has 5 nitrogen and oxygen atoms in total. The number of hydrogen-bond donors (Lipinski definition) is 3. The zero-order chi connectivity index (χ0) is 16.5. The number of rotatable bonds is 8. The highest BCUT2D eigenvalue weighted by Crippen LogP contribution is 2.19. The van der Waals surface area contributed by atoms with Crippen LogP contribution in [0.3, 0.4) is 0 Å². The van der Waals surface area contributed by atoms with Crippen LogP contribution in [0, 0.1) is 19.7 Å². The molecule has 0 heterocycles. The summed E-state index contributed by atoms with van der Waals surface area (Å²) in [5, 5.41) is 14.1. The van der Waals surface area contributed by atoms with Gasteiger partial charge < -0.3 is 20.5 Å². The molecule has 0 aliphatic heterocycles. The molecule has 0 bridgehead atoms. The van der Waals surface area contributed by atoms with Gasteiger partial charge in [0.15, 0.2) is 0 Å². The van der Waals surface area contributed by atoms with E-state index in [2.05, 4.69) is 10.6 Å². The highest BCUT2D eigenvalue weighted by Gasteiger charge is 2.12. The summed E-state index contributed by atoms with van der Waals surface area (Å²) in [5.74, 6) is -0.205. The fraction of sp³-hybridized carbons (Fsp3) is 0.562. The number of carbonyl (C=O) groups excluding carboxylic acids is 1. The Morgan fingerprint density at radius 3 is 2.55 bits per heavy atom. The van der Waals surface area contributed by atoms with Gasteiger partial charge in [0.05, 0.1) is 19.3 Å². The Balaban J connectivity index is 2.38. The zero-order valence-electron chi connectivity index (χ0n) is 13.4. The van der Waals surface area contributed by atoms with Crippen LogP contribution >= 0.6 is 0 Å². The highest BCUT2D eigenvalue weighted by atomic mass is 19.1. The number of amides is 2. The molecule has 3 N–H and O–H groups in total. The van der Waals surface area contributed by atoms with Crippen LogP contribution in [0.15, 0.2) is 12.1 Å². The number of halogens is 1. The quantitative estimate of drug-likeness (QED) is 0.645. The Morgan fingerprint density at radius 1 is 1.32 bits per heavy atom. The summed E-state index contributed by atoms with van der Waals surface area (Å²) in [6, 6.07) is 3.02. The second-order valence-corrected chi connectivity index (χ2v) is 5.28. The molecule has 1 atom stereocenters. The van der Waals surface area contributed by atoms with E-state index in [4.69, 9.17) is 9.84 Å². The van der Waals surface area contributed by atoms with Crippen molar-refractivity contribution < 1.29 is 19.0 Å². The van der Waals surface area contributed by atoms with Gasteiger partial charge in [-0.1, -0.05) is 12.1 Å². The second-order valence-electron chi connectivity index (χ2n) is 5.28. The van der Waals surface area contributed by atoms with Crippen LogP contribution in [0.2, 0.25) is 0 Å². The van der Waals surface area contributed by atoms with Crippen LogP contribution in [0.4, 0.5) is 9.18 Å². The third-order valence-electron chi connectivity index (χ3n) is 3.29. The number of carbonyl (C=O) groups is 1. The summed E-state index contributed by atoms with van der Waals surface area (Å²) in [7, 11) is 0. The summed E-state index contributed by atoms with van der Waals surface area (Å²) >= 11 is 0. The number of ether oxygens (including phenoxy) is 1. The van der Waals surface area contributed by atoms with Crippen LogP contribution in [-0.4, -0.2) is 37.5 Å². The zero-order valence-corrected chi connectivity index (χ0v) is 13.4. The molecule has 0 aliphatic rings. The molecule has 1 unspecified atom stereocenters. The molecule has 0 aromatic heterocycles. The van der Waals surface area contributed by atoms with Crippen molar-refractivity contribution in [3.63, 3.8) is 0 Å². The molecule has 0 saturated heterocycles. The van der Waals surface area contributed by atoms with Crippen molar-refractivity contribution in [3.8, 4) is 0 Å². The number of aliphatic hydroxyl groups excluding tert-OH is 1. The maximum absolute atomic E-state index is 13.6. The molecule has 1 rings (SSSR count). The first-order chi connectivity index (χ1) is 10.5. The topological polar surface area (TPSA) is 70.6 Å². The van der Waals surface area contributed by atoms with Crippen molar-refractivity contribution in [1.29, 1.82) is 0 Å². The molecule has 0 spiro atoms. The standard InChI is InChI=1S/C16H25FN2O3/c1-11-9-14(10-12(2)15(11)17)13(3)19-16(21)18-5-4-7-22-8-6-20/h9-10,13,20H,4-8H2,1-3H3,(H2,18,19,21). The first-order valence-electron chi connectivity index (χ1n) is 7.45. The molecule has 22 heavy (non-hydrogen) atoms. The molecular weight excluding hydrogens is 287 g/mol. The molecule has 0 saturated carbocycles. The van der Waals surface area contributed by atoms with Gasteiger partial charge in [-0.05, 0) is 43.9 Å². The molecule has 0 aliphatic carbocycles. The van der Waals surface area contributed by atoms with Crippen LogP contribution in [0.5, 0.6) is 0 Å². The van der Waals surface area contributed by atoms with Crippen molar-refractivity contribution in [2.75, 3.05) is 26.4 Å². The van der Waals surface area contributed by atoms with Crippen LogP contribution in [0.25, 0.3) is 0 Å². The minimum absolute atomic E-state index is 0.00192. The van der Waals surface area contributed by atoms with E-state index >= 15 is 0 Å². The molecular formula is C16H25FN2O3. The number of hydrogen-bond acceptors (Lipinski definition) is 3. The van der Waals surface area contributed by atoms with Crippen molar-refractivity contribution in [1.82, 2.24) is 10.6 Å². The number of aryl methyl sites for hydroxylation is 2. The fourth-order valence-corrected chi connectivity index (χ4v) is 2.10. The van der Waals surface area contributed by atoms with Gasteiger partial charge in [-0.2, -0.15) is 0 Å².